The second-order valence-corrected chi connectivity index (χ2v) is 4.14. The van der Waals surface area contributed by atoms with Gasteiger partial charge in [-0.3, -0.25) is 4.98 Å². The van der Waals surface area contributed by atoms with Crippen molar-refractivity contribution in [3.8, 4) is 0 Å². The summed E-state index contributed by atoms with van der Waals surface area (Å²) in [5.41, 5.74) is 3.60. The van der Waals surface area contributed by atoms with E-state index in [2.05, 4.69) is 10.3 Å². The third kappa shape index (κ3) is 3.03. The number of nitrogens with one attached hydrogen (secondary N) is 1. The van der Waals surface area contributed by atoms with Crippen LogP contribution in [0.1, 0.15) is 16.8 Å². The molecule has 1 N–H and O–H groups in total. The second-order valence-electron chi connectivity index (χ2n) is 4.14. The Morgan fingerprint density at radius 3 is 2.71 bits per heavy atom. The van der Waals surface area contributed by atoms with E-state index in [0.29, 0.717) is 12.1 Å². The van der Waals surface area contributed by atoms with E-state index < -0.39 is 0 Å². The van der Waals surface area contributed by atoms with E-state index in [-0.39, 0.29) is 5.82 Å². The molecule has 3 heteroatoms. The molecule has 1 heterocycles. The zero-order chi connectivity index (χ0) is 12.3. The third-order valence-corrected chi connectivity index (χ3v) is 2.60. The molecule has 0 aliphatic heterocycles. The van der Waals surface area contributed by atoms with Crippen LogP contribution in [0, 0.1) is 19.7 Å². The van der Waals surface area contributed by atoms with Gasteiger partial charge in [-0.15, -0.1) is 0 Å². The number of anilines is 1. The van der Waals surface area contributed by atoms with Crippen LogP contribution in [0.4, 0.5) is 10.1 Å². The van der Waals surface area contributed by atoms with E-state index in [0.717, 1.165) is 16.9 Å². The normalized spacial score (nSPS) is 10.3. The Kier molecular flexibility index (Phi) is 3.38. The van der Waals surface area contributed by atoms with Crippen LogP contribution in [-0.2, 0) is 6.54 Å². The van der Waals surface area contributed by atoms with Crippen molar-refractivity contribution < 1.29 is 4.39 Å². The van der Waals surface area contributed by atoms with Crippen molar-refractivity contribution in [1.82, 2.24) is 4.98 Å². The zero-order valence-corrected chi connectivity index (χ0v) is 10.00. The van der Waals surface area contributed by atoms with E-state index in [4.69, 9.17) is 0 Å². The van der Waals surface area contributed by atoms with Crippen LogP contribution in [0.5, 0.6) is 0 Å². The van der Waals surface area contributed by atoms with Gasteiger partial charge in [0, 0.05) is 17.8 Å². The first-order valence-electron chi connectivity index (χ1n) is 5.57. The summed E-state index contributed by atoms with van der Waals surface area (Å²) >= 11 is 0. The number of aromatic nitrogens is 1. The van der Waals surface area contributed by atoms with Gasteiger partial charge in [0.2, 0.25) is 0 Å². The summed E-state index contributed by atoms with van der Waals surface area (Å²) in [4.78, 5) is 4.18. The van der Waals surface area contributed by atoms with Gasteiger partial charge in [-0.05, 0) is 32.0 Å². The number of benzene rings is 1. The molecule has 0 amide bonds. The molecule has 0 radical (unpaired) electrons. The lowest BCUT2D eigenvalue weighted by atomic mass is 10.1. The van der Waals surface area contributed by atoms with Gasteiger partial charge >= 0.3 is 0 Å². The molecule has 1 aromatic heterocycles. The van der Waals surface area contributed by atoms with Crippen LogP contribution >= 0.6 is 0 Å². The summed E-state index contributed by atoms with van der Waals surface area (Å²) in [7, 11) is 0. The first-order chi connectivity index (χ1) is 8.15. The minimum atomic E-state index is -0.178. The van der Waals surface area contributed by atoms with Crippen molar-refractivity contribution in [2.75, 3.05) is 5.32 Å². The van der Waals surface area contributed by atoms with Crippen LogP contribution in [0.2, 0.25) is 0 Å². The number of pyridine rings is 1. The lowest BCUT2D eigenvalue weighted by molar-refractivity contribution is 0.612. The summed E-state index contributed by atoms with van der Waals surface area (Å²) in [6, 6.07) is 8.99. The zero-order valence-electron chi connectivity index (χ0n) is 10.00. The maximum Gasteiger partial charge on any atom is 0.128 e. The standard InChI is InChI=1S/C14H15FN2/c1-10-3-6-14(15)12(7-10)8-17-13-5-4-11(2)16-9-13/h3-7,9,17H,8H2,1-2H3. The van der Waals surface area contributed by atoms with Gasteiger partial charge in [-0.2, -0.15) is 0 Å². The molecule has 2 rings (SSSR count). The highest BCUT2D eigenvalue weighted by Gasteiger charge is 2.02. The Labute approximate surface area is 101 Å². The highest BCUT2D eigenvalue weighted by Crippen LogP contribution is 2.13. The van der Waals surface area contributed by atoms with E-state index in [1.54, 1.807) is 12.3 Å². The van der Waals surface area contributed by atoms with Crippen LogP contribution in [0.15, 0.2) is 36.5 Å². The van der Waals surface area contributed by atoms with E-state index in [1.165, 1.54) is 6.07 Å². The summed E-state index contributed by atoms with van der Waals surface area (Å²) in [6.07, 6.45) is 1.75. The van der Waals surface area contributed by atoms with Gasteiger partial charge in [0.15, 0.2) is 0 Å². The Bertz CT molecular complexity index is 506. The molecule has 0 aliphatic rings. The molecular formula is C14H15FN2. The molecule has 0 atom stereocenters. The minimum Gasteiger partial charge on any atom is -0.380 e. The number of rotatable bonds is 3. The number of aryl methyl sites for hydroxylation is 2. The fraction of sp³-hybridized carbons (Fsp3) is 0.214. The molecule has 0 saturated heterocycles. The summed E-state index contributed by atoms with van der Waals surface area (Å²) in [6.45, 7) is 4.36. The largest absolute Gasteiger partial charge is 0.380 e. The van der Waals surface area contributed by atoms with Crippen molar-refractivity contribution in [2.45, 2.75) is 20.4 Å². The fourth-order valence-electron chi connectivity index (χ4n) is 1.61. The predicted octanol–water partition coefficient (Wildman–Crippen LogP) is 3.45. The monoisotopic (exact) mass is 230 g/mol. The lowest BCUT2D eigenvalue weighted by Crippen LogP contribution is -2.02. The summed E-state index contributed by atoms with van der Waals surface area (Å²) in [5.74, 6) is -0.178. The van der Waals surface area contributed by atoms with Crippen LogP contribution in [0.3, 0.4) is 0 Å². The molecule has 0 aliphatic carbocycles. The molecule has 17 heavy (non-hydrogen) atoms. The Hall–Kier alpha value is -1.90. The summed E-state index contributed by atoms with van der Waals surface area (Å²) < 4.78 is 13.5. The fourth-order valence-corrected chi connectivity index (χ4v) is 1.61. The molecule has 0 saturated carbocycles. The van der Waals surface area contributed by atoms with Gasteiger partial charge in [0.25, 0.3) is 0 Å². The van der Waals surface area contributed by atoms with Crippen molar-refractivity contribution >= 4 is 5.69 Å². The predicted molar refractivity (Wildman–Crippen MR) is 67.4 cm³/mol. The molecule has 1 aromatic carbocycles. The van der Waals surface area contributed by atoms with E-state index in [1.807, 2.05) is 32.0 Å². The van der Waals surface area contributed by atoms with Crippen molar-refractivity contribution in [3.63, 3.8) is 0 Å². The molecule has 2 aromatic rings. The van der Waals surface area contributed by atoms with Gasteiger partial charge in [0.05, 0.1) is 11.9 Å². The number of nitrogens with zero attached hydrogens (tertiary/aromatic N) is 1. The van der Waals surface area contributed by atoms with Crippen LogP contribution in [-0.4, -0.2) is 4.98 Å². The van der Waals surface area contributed by atoms with E-state index >= 15 is 0 Å². The molecule has 0 unspecified atom stereocenters. The first-order valence-corrected chi connectivity index (χ1v) is 5.57. The van der Waals surface area contributed by atoms with Crippen molar-refractivity contribution in [2.24, 2.45) is 0 Å². The van der Waals surface area contributed by atoms with Gasteiger partial charge in [-0.25, -0.2) is 4.39 Å². The van der Waals surface area contributed by atoms with Crippen LogP contribution in [0.25, 0.3) is 0 Å². The van der Waals surface area contributed by atoms with Crippen molar-refractivity contribution in [1.29, 1.82) is 0 Å². The average Bonchev–Trinajstić information content (AvgIpc) is 2.32. The third-order valence-electron chi connectivity index (χ3n) is 2.60. The second kappa shape index (κ2) is 4.95. The highest BCUT2D eigenvalue weighted by atomic mass is 19.1. The number of halogens is 1. The topological polar surface area (TPSA) is 24.9 Å². The molecule has 88 valence electrons. The highest BCUT2D eigenvalue weighted by molar-refractivity contribution is 5.42. The average molecular weight is 230 g/mol. The summed E-state index contributed by atoms with van der Waals surface area (Å²) in [5, 5.41) is 3.15. The first kappa shape index (κ1) is 11.6. The van der Waals surface area contributed by atoms with Gasteiger partial charge in [0.1, 0.15) is 5.82 Å². The minimum absolute atomic E-state index is 0.178. The maximum absolute atomic E-state index is 13.5. The molecule has 0 bridgehead atoms. The maximum atomic E-state index is 13.5. The van der Waals surface area contributed by atoms with Crippen LogP contribution < -0.4 is 5.32 Å². The smallest absolute Gasteiger partial charge is 0.128 e. The molecule has 2 nitrogen and oxygen atoms in total. The number of hydrogen-bond donors (Lipinski definition) is 1. The quantitative estimate of drug-likeness (QED) is 0.873. The molecular weight excluding hydrogens is 215 g/mol. The molecule has 0 spiro atoms. The number of hydrogen-bond acceptors (Lipinski definition) is 2. The Balaban J connectivity index is 2.07. The SMILES string of the molecule is Cc1ccc(F)c(CNc2ccc(C)nc2)c1. The van der Waals surface area contributed by atoms with Gasteiger partial charge in [-0.1, -0.05) is 17.7 Å². The van der Waals surface area contributed by atoms with Gasteiger partial charge < -0.3 is 5.32 Å². The Morgan fingerprint density at radius 2 is 2.00 bits per heavy atom. The van der Waals surface area contributed by atoms with Crippen molar-refractivity contribution in [3.05, 3.63) is 59.2 Å². The lowest BCUT2D eigenvalue weighted by Gasteiger charge is -2.08. The van der Waals surface area contributed by atoms with E-state index in [9.17, 15) is 4.39 Å². The molecule has 0 fully saturated rings. The Morgan fingerprint density at radius 1 is 1.18 bits per heavy atom.